The molecule has 1 heterocycles. The Bertz CT molecular complexity index is 1020. The molecule has 1 aliphatic rings. The standard InChI is InChI=1S/C22H24N2O3S/c1-4-13-23-28(26,27)20-10-7-17(8-11-20)22(25)24-14-5-6-19-15-18(16(2)3)9-12-21(19)24/h1,7-12,15-16,23H,5-6,13-14H2,2-3H3. The maximum atomic E-state index is 13.0. The molecule has 3 rings (SSSR count). The molecule has 2 aromatic carbocycles. The molecule has 1 N–H and O–H groups in total. The summed E-state index contributed by atoms with van der Waals surface area (Å²) in [5.41, 5.74) is 3.84. The van der Waals surface area contributed by atoms with Crippen LogP contribution in [0.15, 0.2) is 47.4 Å². The van der Waals surface area contributed by atoms with Crippen molar-refractivity contribution in [1.29, 1.82) is 0 Å². The second kappa shape index (κ2) is 8.17. The molecule has 6 heteroatoms. The number of rotatable bonds is 5. The summed E-state index contributed by atoms with van der Waals surface area (Å²) in [5.74, 6) is 2.55. The molecular formula is C22H24N2O3S. The number of anilines is 1. The van der Waals surface area contributed by atoms with Gasteiger partial charge in [-0.25, -0.2) is 8.42 Å². The summed E-state index contributed by atoms with van der Waals surface area (Å²) >= 11 is 0. The largest absolute Gasteiger partial charge is 0.308 e. The SMILES string of the molecule is C#CCNS(=O)(=O)c1ccc(C(=O)N2CCCc3cc(C(C)C)ccc32)cc1. The van der Waals surface area contributed by atoms with Gasteiger partial charge in [0.15, 0.2) is 0 Å². The highest BCUT2D eigenvalue weighted by Gasteiger charge is 2.24. The number of carbonyl (C=O) groups excluding carboxylic acids is 1. The van der Waals surface area contributed by atoms with Gasteiger partial charge in [0.25, 0.3) is 5.91 Å². The van der Waals surface area contributed by atoms with Crippen LogP contribution in [0.4, 0.5) is 5.69 Å². The second-order valence-corrected chi connectivity index (χ2v) is 8.92. The Kier molecular flexibility index (Phi) is 5.87. The highest BCUT2D eigenvalue weighted by atomic mass is 32.2. The zero-order chi connectivity index (χ0) is 20.3. The first-order valence-electron chi connectivity index (χ1n) is 9.31. The highest BCUT2D eigenvalue weighted by molar-refractivity contribution is 7.89. The fourth-order valence-corrected chi connectivity index (χ4v) is 4.27. The second-order valence-electron chi connectivity index (χ2n) is 7.16. The van der Waals surface area contributed by atoms with Crippen molar-refractivity contribution in [2.45, 2.75) is 37.5 Å². The highest BCUT2D eigenvalue weighted by Crippen LogP contribution is 2.31. The summed E-state index contributed by atoms with van der Waals surface area (Å²) in [7, 11) is -3.67. The van der Waals surface area contributed by atoms with Crippen molar-refractivity contribution in [1.82, 2.24) is 4.72 Å². The number of benzene rings is 2. The molecule has 0 fully saturated rings. The fraction of sp³-hybridized carbons (Fsp3) is 0.318. The lowest BCUT2D eigenvalue weighted by molar-refractivity contribution is 0.0985. The molecule has 0 unspecified atom stereocenters. The molecule has 0 spiro atoms. The number of amides is 1. The Morgan fingerprint density at radius 3 is 2.57 bits per heavy atom. The minimum absolute atomic E-state index is 0.0774. The van der Waals surface area contributed by atoms with E-state index in [0.717, 1.165) is 18.5 Å². The number of hydrogen-bond acceptors (Lipinski definition) is 3. The molecule has 0 aliphatic carbocycles. The normalized spacial score (nSPS) is 13.9. The zero-order valence-corrected chi connectivity index (χ0v) is 16.9. The first-order chi connectivity index (χ1) is 13.3. The smallest absolute Gasteiger partial charge is 0.258 e. The number of aryl methyl sites for hydroxylation is 1. The van der Waals surface area contributed by atoms with Gasteiger partial charge in [-0.3, -0.25) is 4.79 Å². The van der Waals surface area contributed by atoms with Crippen LogP contribution in [-0.4, -0.2) is 27.4 Å². The summed E-state index contributed by atoms with van der Waals surface area (Å²) in [5, 5.41) is 0. The van der Waals surface area contributed by atoms with E-state index >= 15 is 0 Å². The van der Waals surface area contributed by atoms with Gasteiger partial charge in [0.05, 0.1) is 11.4 Å². The van der Waals surface area contributed by atoms with E-state index in [-0.39, 0.29) is 17.3 Å². The Morgan fingerprint density at radius 2 is 1.93 bits per heavy atom. The van der Waals surface area contributed by atoms with Crippen LogP contribution in [0.2, 0.25) is 0 Å². The van der Waals surface area contributed by atoms with E-state index in [1.54, 1.807) is 17.0 Å². The maximum Gasteiger partial charge on any atom is 0.258 e. The number of sulfonamides is 1. The van der Waals surface area contributed by atoms with E-state index < -0.39 is 10.0 Å². The van der Waals surface area contributed by atoms with E-state index in [1.165, 1.54) is 23.3 Å². The van der Waals surface area contributed by atoms with Crippen LogP contribution in [0.3, 0.4) is 0 Å². The lowest BCUT2D eigenvalue weighted by Crippen LogP contribution is -2.35. The topological polar surface area (TPSA) is 66.5 Å². The Labute approximate surface area is 166 Å². The van der Waals surface area contributed by atoms with Crippen LogP contribution in [0, 0.1) is 12.3 Å². The fourth-order valence-electron chi connectivity index (χ4n) is 3.34. The lowest BCUT2D eigenvalue weighted by Gasteiger charge is -2.30. The third-order valence-corrected chi connectivity index (χ3v) is 6.33. The van der Waals surface area contributed by atoms with E-state index in [2.05, 4.69) is 36.6 Å². The average Bonchev–Trinajstić information content (AvgIpc) is 2.71. The molecular weight excluding hydrogens is 372 g/mol. The average molecular weight is 397 g/mol. The van der Waals surface area contributed by atoms with E-state index in [4.69, 9.17) is 6.42 Å². The molecule has 28 heavy (non-hydrogen) atoms. The third kappa shape index (κ3) is 4.11. The van der Waals surface area contributed by atoms with Gasteiger partial charge in [-0.2, -0.15) is 4.72 Å². The molecule has 0 atom stereocenters. The lowest BCUT2D eigenvalue weighted by atomic mass is 9.94. The summed E-state index contributed by atoms with van der Waals surface area (Å²) in [6, 6.07) is 12.2. The molecule has 0 aromatic heterocycles. The van der Waals surface area contributed by atoms with Gasteiger partial charge >= 0.3 is 0 Å². The number of fused-ring (bicyclic) bond motifs is 1. The maximum absolute atomic E-state index is 13.0. The Balaban J connectivity index is 1.85. The van der Waals surface area contributed by atoms with Gasteiger partial charge in [0, 0.05) is 17.8 Å². The van der Waals surface area contributed by atoms with Crippen LogP contribution < -0.4 is 9.62 Å². The molecule has 0 radical (unpaired) electrons. The van der Waals surface area contributed by atoms with Crippen molar-refractivity contribution in [3.63, 3.8) is 0 Å². The van der Waals surface area contributed by atoms with Gasteiger partial charge in [-0.15, -0.1) is 6.42 Å². The van der Waals surface area contributed by atoms with Crippen molar-refractivity contribution < 1.29 is 13.2 Å². The summed E-state index contributed by atoms with van der Waals surface area (Å²) in [6.45, 7) is 4.88. The van der Waals surface area contributed by atoms with Crippen LogP contribution in [0.1, 0.15) is 47.7 Å². The number of nitrogens with one attached hydrogen (secondary N) is 1. The van der Waals surface area contributed by atoms with E-state index in [0.29, 0.717) is 18.0 Å². The van der Waals surface area contributed by atoms with Gasteiger partial charge in [0.2, 0.25) is 10.0 Å². The summed E-state index contributed by atoms with van der Waals surface area (Å²) in [6.07, 6.45) is 6.96. The van der Waals surface area contributed by atoms with Crippen molar-refractivity contribution >= 4 is 21.6 Å². The molecule has 146 valence electrons. The summed E-state index contributed by atoms with van der Waals surface area (Å²) in [4.78, 5) is 14.9. The van der Waals surface area contributed by atoms with Crippen LogP contribution in [0.5, 0.6) is 0 Å². The van der Waals surface area contributed by atoms with E-state index in [9.17, 15) is 13.2 Å². The van der Waals surface area contributed by atoms with Crippen molar-refractivity contribution in [2.75, 3.05) is 18.0 Å². The zero-order valence-electron chi connectivity index (χ0n) is 16.1. The van der Waals surface area contributed by atoms with Gasteiger partial charge in [0.1, 0.15) is 0 Å². The molecule has 2 aromatic rings. The van der Waals surface area contributed by atoms with Gasteiger partial charge in [-0.1, -0.05) is 31.9 Å². The van der Waals surface area contributed by atoms with Crippen LogP contribution in [-0.2, 0) is 16.4 Å². The van der Waals surface area contributed by atoms with Crippen LogP contribution in [0.25, 0.3) is 0 Å². The minimum atomic E-state index is -3.67. The molecule has 0 saturated carbocycles. The predicted molar refractivity (Wildman–Crippen MR) is 111 cm³/mol. The number of carbonyl (C=O) groups is 1. The van der Waals surface area contributed by atoms with Crippen molar-refractivity contribution in [3.8, 4) is 12.3 Å². The number of nitrogens with zero attached hydrogens (tertiary/aromatic N) is 1. The molecule has 1 aliphatic heterocycles. The molecule has 5 nitrogen and oxygen atoms in total. The van der Waals surface area contributed by atoms with Gasteiger partial charge in [-0.05, 0) is 60.2 Å². The van der Waals surface area contributed by atoms with E-state index in [1.807, 2.05) is 6.07 Å². The molecule has 0 saturated heterocycles. The first-order valence-corrected chi connectivity index (χ1v) is 10.8. The number of hydrogen-bond donors (Lipinski definition) is 1. The third-order valence-electron chi connectivity index (χ3n) is 4.91. The Morgan fingerprint density at radius 1 is 1.21 bits per heavy atom. The molecule has 1 amide bonds. The quantitative estimate of drug-likeness (QED) is 0.789. The van der Waals surface area contributed by atoms with Crippen molar-refractivity contribution in [3.05, 3.63) is 59.2 Å². The number of terminal acetylenes is 1. The minimum Gasteiger partial charge on any atom is -0.308 e. The monoisotopic (exact) mass is 396 g/mol. The molecule has 0 bridgehead atoms. The predicted octanol–water partition coefficient (Wildman–Crippen LogP) is 3.31. The summed E-state index contributed by atoms with van der Waals surface area (Å²) < 4.78 is 26.5. The Hall–Kier alpha value is -2.62. The first kappa shape index (κ1) is 20.1. The van der Waals surface area contributed by atoms with Crippen LogP contribution >= 0.6 is 0 Å². The van der Waals surface area contributed by atoms with Gasteiger partial charge < -0.3 is 4.90 Å². The van der Waals surface area contributed by atoms with Crippen molar-refractivity contribution in [2.24, 2.45) is 0 Å².